The van der Waals surface area contributed by atoms with Crippen molar-refractivity contribution in [3.63, 3.8) is 0 Å². The molecule has 4 nitrogen and oxygen atoms in total. The minimum atomic E-state index is -0.776. The second-order valence-corrected chi connectivity index (χ2v) is 5.83. The summed E-state index contributed by atoms with van der Waals surface area (Å²) in [4.78, 5) is 25.6. The maximum absolute atomic E-state index is 13.3. The quantitative estimate of drug-likeness (QED) is 0.852. The molecule has 1 heterocycles. The van der Waals surface area contributed by atoms with Crippen LogP contribution in [0.1, 0.15) is 6.42 Å². The van der Waals surface area contributed by atoms with Crippen molar-refractivity contribution in [1.82, 2.24) is 0 Å². The van der Waals surface area contributed by atoms with Crippen LogP contribution < -0.4 is 10.2 Å². The van der Waals surface area contributed by atoms with E-state index in [4.69, 9.17) is 23.2 Å². The van der Waals surface area contributed by atoms with Crippen molar-refractivity contribution in [1.29, 1.82) is 0 Å². The van der Waals surface area contributed by atoms with Crippen LogP contribution in [0.3, 0.4) is 0 Å². The summed E-state index contributed by atoms with van der Waals surface area (Å²) in [5.41, 5.74) is 0.674. The molecule has 1 N–H and O–H groups in total. The topological polar surface area (TPSA) is 49.4 Å². The number of hydrogen-bond acceptors (Lipinski definition) is 3. The number of amides is 2. The van der Waals surface area contributed by atoms with Crippen LogP contribution >= 0.6 is 23.2 Å². The Bertz CT molecular complexity index is 797. The lowest BCUT2D eigenvalue weighted by Crippen LogP contribution is -2.34. The Balaban J connectivity index is 1.85. The van der Waals surface area contributed by atoms with Gasteiger partial charge in [0.15, 0.2) is 0 Å². The van der Waals surface area contributed by atoms with Gasteiger partial charge in [-0.1, -0.05) is 35.3 Å². The average molecular weight is 353 g/mol. The van der Waals surface area contributed by atoms with Gasteiger partial charge in [-0.15, -0.1) is 0 Å². The van der Waals surface area contributed by atoms with Gasteiger partial charge in [0, 0.05) is 0 Å². The van der Waals surface area contributed by atoms with Crippen molar-refractivity contribution >= 4 is 46.4 Å². The molecule has 2 aromatic rings. The molecule has 0 saturated carbocycles. The lowest BCUT2D eigenvalue weighted by atomic mass is 10.2. The van der Waals surface area contributed by atoms with Crippen LogP contribution in [-0.4, -0.2) is 17.9 Å². The van der Waals surface area contributed by atoms with Crippen LogP contribution in [0, 0.1) is 5.82 Å². The smallest absolute Gasteiger partial charge is 0.256 e. The standard InChI is InChI=1S/C16H11Cl2FN2O2/c17-11-5-2-6-12(15(11)18)20-13-8-14(22)21(16(13)23)10-4-1-3-9(19)7-10/h1-7,13,20H,8H2/t13-/m0/s1. The summed E-state index contributed by atoms with van der Waals surface area (Å²) < 4.78 is 13.3. The molecule has 7 heteroatoms. The van der Waals surface area contributed by atoms with Crippen molar-refractivity contribution in [2.75, 3.05) is 10.2 Å². The Morgan fingerprint density at radius 3 is 2.61 bits per heavy atom. The Morgan fingerprint density at radius 1 is 1.13 bits per heavy atom. The van der Waals surface area contributed by atoms with E-state index in [-0.39, 0.29) is 17.1 Å². The van der Waals surface area contributed by atoms with Gasteiger partial charge in [0.05, 0.1) is 27.8 Å². The number of anilines is 2. The molecule has 1 fully saturated rings. The highest BCUT2D eigenvalue weighted by atomic mass is 35.5. The van der Waals surface area contributed by atoms with Crippen molar-refractivity contribution < 1.29 is 14.0 Å². The summed E-state index contributed by atoms with van der Waals surface area (Å²) in [7, 11) is 0. The third-order valence-corrected chi connectivity index (χ3v) is 4.31. The van der Waals surface area contributed by atoms with Crippen molar-refractivity contribution in [2.24, 2.45) is 0 Å². The average Bonchev–Trinajstić information content (AvgIpc) is 2.78. The first kappa shape index (κ1) is 15.8. The van der Waals surface area contributed by atoms with Gasteiger partial charge >= 0.3 is 0 Å². The molecule has 1 atom stereocenters. The Hall–Kier alpha value is -2.11. The SMILES string of the molecule is O=C1C[C@H](Nc2cccc(Cl)c2Cl)C(=O)N1c1cccc(F)c1. The van der Waals surface area contributed by atoms with Crippen LogP contribution in [-0.2, 0) is 9.59 Å². The normalized spacial score (nSPS) is 17.7. The fourth-order valence-electron chi connectivity index (χ4n) is 2.43. The van der Waals surface area contributed by atoms with Gasteiger partial charge in [0.1, 0.15) is 11.9 Å². The molecular formula is C16H11Cl2FN2O2. The van der Waals surface area contributed by atoms with Gasteiger partial charge in [0.25, 0.3) is 5.91 Å². The molecule has 0 aliphatic carbocycles. The Labute approximate surface area is 141 Å². The molecule has 0 spiro atoms. The van der Waals surface area contributed by atoms with E-state index in [9.17, 15) is 14.0 Å². The molecule has 2 amide bonds. The summed E-state index contributed by atoms with van der Waals surface area (Å²) in [5.74, 6) is -1.38. The van der Waals surface area contributed by atoms with Gasteiger partial charge in [-0.25, -0.2) is 9.29 Å². The van der Waals surface area contributed by atoms with E-state index in [0.29, 0.717) is 10.7 Å². The van der Waals surface area contributed by atoms with Gasteiger partial charge in [-0.05, 0) is 30.3 Å². The number of carbonyl (C=O) groups excluding carboxylic acids is 2. The zero-order chi connectivity index (χ0) is 16.6. The lowest BCUT2D eigenvalue weighted by molar-refractivity contribution is -0.121. The van der Waals surface area contributed by atoms with Crippen molar-refractivity contribution in [3.05, 3.63) is 58.3 Å². The van der Waals surface area contributed by atoms with Gasteiger partial charge < -0.3 is 5.32 Å². The van der Waals surface area contributed by atoms with E-state index in [2.05, 4.69) is 5.32 Å². The van der Waals surface area contributed by atoms with E-state index < -0.39 is 23.7 Å². The largest absolute Gasteiger partial charge is 0.372 e. The highest BCUT2D eigenvalue weighted by molar-refractivity contribution is 6.43. The number of imide groups is 1. The fraction of sp³-hybridized carbons (Fsp3) is 0.125. The predicted octanol–water partition coefficient (Wildman–Crippen LogP) is 3.88. The minimum absolute atomic E-state index is 0.0435. The summed E-state index contributed by atoms with van der Waals surface area (Å²) in [6.45, 7) is 0. The fourth-order valence-corrected chi connectivity index (χ4v) is 2.79. The monoisotopic (exact) mass is 352 g/mol. The Morgan fingerprint density at radius 2 is 1.87 bits per heavy atom. The van der Waals surface area contributed by atoms with E-state index in [1.54, 1.807) is 18.2 Å². The molecule has 0 bridgehead atoms. The van der Waals surface area contributed by atoms with E-state index in [1.807, 2.05) is 0 Å². The summed E-state index contributed by atoms with van der Waals surface area (Å²) in [5, 5.41) is 3.54. The number of halogens is 3. The molecule has 2 aromatic carbocycles. The molecule has 23 heavy (non-hydrogen) atoms. The highest BCUT2D eigenvalue weighted by Gasteiger charge is 2.39. The number of hydrogen-bond donors (Lipinski definition) is 1. The first-order valence-corrected chi connectivity index (χ1v) is 7.56. The van der Waals surface area contributed by atoms with Crippen LogP contribution in [0.25, 0.3) is 0 Å². The minimum Gasteiger partial charge on any atom is -0.372 e. The van der Waals surface area contributed by atoms with E-state index >= 15 is 0 Å². The molecule has 0 aromatic heterocycles. The molecule has 1 aliphatic rings. The molecule has 1 saturated heterocycles. The molecule has 1 aliphatic heterocycles. The van der Waals surface area contributed by atoms with Gasteiger partial charge in [-0.3, -0.25) is 9.59 Å². The predicted molar refractivity (Wildman–Crippen MR) is 87.4 cm³/mol. The van der Waals surface area contributed by atoms with Crippen LogP contribution in [0.4, 0.5) is 15.8 Å². The molecule has 3 rings (SSSR count). The van der Waals surface area contributed by atoms with Gasteiger partial charge in [0.2, 0.25) is 5.91 Å². The number of nitrogens with zero attached hydrogens (tertiary/aromatic N) is 1. The number of carbonyl (C=O) groups is 2. The van der Waals surface area contributed by atoms with E-state index in [1.165, 1.54) is 18.2 Å². The molecule has 0 unspecified atom stereocenters. The lowest BCUT2D eigenvalue weighted by Gasteiger charge is -2.17. The highest BCUT2D eigenvalue weighted by Crippen LogP contribution is 2.32. The first-order valence-electron chi connectivity index (χ1n) is 6.80. The van der Waals surface area contributed by atoms with Gasteiger partial charge in [-0.2, -0.15) is 0 Å². The van der Waals surface area contributed by atoms with Crippen LogP contribution in [0.15, 0.2) is 42.5 Å². The maximum atomic E-state index is 13.3. The van der Waals surface area contributed by atoms with Crippen LogP contribution in [0.5, 0.6) is 0 Å². The zero-order valence-corrected chi connectivity index (χ0v) is 13.2. The first-order chi connectivity index (χ1) is 11.0. The second kappa shape index (κ2) is 6.18. The van der Waals surface area contributed by atoms with E-state index in [0.717, 1.165) is 11.0 Å². The van der Waals surface area contributed by atoms with Crippen molar-refractivity contribution in [3.8, 4) is 0 Å². The zero-order valence-electron chi connectivity index (χ0n) is 11.7. The molecular weight excluding hydrogens is 342 g/mol. The summed E-state index contributed by atoms with van der Waals surface area (Å²) in [6, 6.07) is 9.53. The number of benzene rings is 2. The third kappa shape index (κ3) is 3.02. The van der Waals surface area contributed by atoms with Crippen molar-refractivity contribution in [2.45, 2.75) is 12.5 Å². The van der Waals surface area contributed by atoms with Crippen LogP contribution in [0.2, 0.25) is 10.0 Å². The third-order valence-electron chi connectivity index (χ3n) is 3.49. The Kier molecular flexibility index (Phi) is 4.24. The maximum Gasteiger partial charge on any atom is 0.256 e. The number of rotatable bonds is 3. The summed E-state index contributed by atoms with van der Waals surface area (Å²) in [6.07, 6.45) is -0.0435. The summed E-state index contributed by atoms with van der Waals surface area (Å²) >= 11 is 12.0. The molecule has 0 radical (unpaired) electrons. The number of nitrogens with one attached hydrogen (secondary N) is 1. The molecule has 118 valence electrons. The second-order valence-electron chi connectivity index (χ2n) is 5.05.